The Morgan fingerprint density at radius 2 is 1.25 bits per heavy atom. The third-order valence-corrected chi connectivity index (χ3v) is 3.83. The minimum Gasteiger partial charge on any atom is -0.293 e. The molecule has 0 aliphatic rings. The molecule has 0 fully saturated rings. The summed E-state index contributed by atoms with van der Waals surface area (Å²) < 4.78 is 0. The molecule has 20 heavy (non-hydrogen) atoms. The number of hydrogen-bond acceptors (Lipinski definition) is 3. The van der Waals surface area contributed by atoms with Gasteiger partial charge in [0.2, 0.25) is 0 Å². The van der Waals surface area contributed by atoms with Gasteiger partial charge in [-0.1, -0.05) is 20.8 Å². The van der Waals surface area contributed by atoms with E-state index in [0.717, 1.165) is 22.3 Å². The lowest BCUT2D eigenvalue weighted by atomic mass is 9.90. The summed E-state index contributed by atoms with van der Waals surface area (Å²) in [5, 5.41) is 0. The van der Waals surface area contributed by atoms with E-state index in [1.165, 1.54) is 5.56 Å². The van der Waals surface area contributed by atoms with E-state index < -0.39 is 5.97 Å². The maximum absolute atomic E-state index is 12.2. The van der Waals surface area contributed by atoms with Gasteiger partial charge in [0.15, 0.2) is 0 Å². The summed E-state index contributed by atoms with van der Waals surface area (Å²) in [5.74, 6) is -0.407. The molecule has 1 aromatic rings. The zero-order valence-corrected chi connectivity index (χ0v) is 13.9. The molecule has 0 aliphatic heterocycles. The number of hydrogen-bond donors (Lipinski definition) is 0. The molecule has 1 aromatic carbocycles. The van der Waals surface area contributed by atoms with Gasteiger partial charge in [-0.15, -0.1) is 0 Å². The molecule has 0 radical (unpaired) electrons. The third kappa shape index (κ3) is 3.60. The van der Waals surface area contributed by atoms with E-state index >= 15 is 0 Å². The third-order valence-electron chi connectivity index (χ3n) is 3.83. The Bertz CT molecular complexity index is 493. The molecule has 112 valence electrons. The molecule has 0 amide bonds. The Hall–Kier alpha value is -1.35. The molecular weight excluding hydrogens is 252 g/mol. The lowest BCUT2D eigenvalue weighted by Gasteiger charge is -2.19. The van der Waals surface area contributed by atoms with Crippen LogP contribution in [0, 0.1) is 40.0 Å². The Morgan fingerprint density at radius 1 is 0.850 bits per heavy atom. The molecule has 0 aromatic heterocycles. The monoisotopic (exact) mass is 278 g/mol. The van der Waals surface area contributed by atoms with E-state index in [1.807, 2.05) is 48.5 Å². The van der Waals surface area contributed by atoms with Crippen LogP contribution in [0.25, 0.3) is 0 Å². The highest BCUT2D eigenvalue weighted by Crippen LogP contribution is 2.26. The molecule has 0 unspecified atom stereocenters. The summed E-state index contributed by atoms with van der Waals surface area (Å²) in [6.45, 7) is 16.5. The van der Waals surface area contributed by atoms with Crippen molar-refractivity contribution in [3.63, 3.8) is 0 Å². The Labute approximate surface area is 122 Å². The first kappa shape index (κ1) is 16.7. The number of rotatable bonds is 3. The van der Waals surface area contributed by atoms with Gasteiger partial charge in [-0.2, -0.15) is 4.89 Å². The maximum Gasteiger partial charge on any atom is 0.373 e. The summed E-state index contributed by atoms with van der Waals surface area (Å²) in [6, 6.07) is 0. The predicted octanol–water partition coefficient (Wildman–Crippen LogP) is 4.36. The molecule has 3 heteroatoms. The van der Waals surface area contributed by atoms with Crippen molar-refractivity contribution >= 4 is 5.97 Å². The fourth-order valence-electron chi connectivity index (χ4n) is 2.11. The summed E-state index contributed by atoms with van der Waals surface area (Å²) in [6.07, 6.45) is 0. The minimum absolute atomic E-state index is 0.0382. The van der Waals surface area contributed by atoms with Crippen LogP contribution in [-0.2, 0) is 9.78 Å². The highest BCUT2D eigenvalue weighted by Gasteiger charge is 2.21. The summed E-state index contributed by atoms with van der Waals surface area (Å²) in [7, 11) is 0. The predicted molar refractivity (Wildman–Crippen MR) is 80.9 cm³/mol. The second kappa shape index (κ2) is 5.96. The van der Waals surface area contributed by atoms with Crippen LogP contribution in [0.3, 0.4) is 0 Å². The van der Waals surface area contributed by atoms with Crippen LogP contribution >= 0.6 is 0 Å². The van der Waals surface area contributed by atoms with Crippen LogP contribution in [0.1, 0.15) is 58.9 Å². The Morgan fingerprint density at radius 3 is 1.65 bits per heavy atom. The Balaban J connectivity index is 3.00. The molecule has 0 spiro atoms. The van der Waals surface area contributed by atoms with Crippen molar-refractivity contribution in [2.24, 2.45) is 5.41 Å². The van der Waals surface area contributed by atoms with Crippen molar-refractivity contribution in [1.82, 2.24) is 0 Å². The topological polar surface area (TPSA) is 35.5 Å². The quantitative estimate of drug-likeness (QED) is 0.608. The molecule has 0 heterocycles. The van der Waals surface area contributed by atoms with Crippen molar-refractivity contribution < 1.29 is 14.6 Å². The first-order valence-corrected chi connectivity index (χ1v) is 6.97. The summed E-state index contributed by atoms with van der Waals surface area (Å²) >= 11 is 0. The van der Waals surface area contributed by atoms with Crippen molar-refractivity contribution in [2.75, 3.05) is 6.61 Å². The molecule has 0 N–H and O–H groups in total. The zero-order valence-electron chi connectivity index (χ0n) is 13.9. The van der Waals surface area contributed by atoms with Gasteiger partial charge in [-0.3, -0.25) is 4.89 Å². The number of carbonyl (C=O) groups is 1. The van der Waals surface area contributed by atoms with Crippen molar-refractivity contribution in [2.45, 2.75) is 55.4 Å². The van der Waals surface area contributed by atoms with Gasteiger partial charge in [0.25, 0.3) is 0 Å². The van der Waals surface area contributed by atoms with Crippen LogP contribution in [0.5, 0.6) is 0 Å². The smallest absolute Gasteiger partial charge is 0.293 e. The highest BCUT2D eigenvalue weighted by atomic mass is 17.2. The van der Waals surface area contributed by atoms with E-state index in [9.17, 15) is 4.79 Å². The molecule has 0 aliphatic carbocycles. The van der Waals surface area contributed by atoms with E-state index in [-0.39, 0.29) is 5.41 Å². The zero-order chi connectivity index (χ0) is 15.7. The van der Waals surface area contributed by atoms with Gasteiger partial charge in [-0.25, -0.2) is 4.79 Å². The Kier molecular flexibility index (Phi) is 4.98. The van der Waals surface area contributed by atoms with E-state index in [2.05, 4.69) is 6.92 Å². The second-order valence-corrected chi connectivity index (χ2v) is 6.69. The molecular formula is C17H26O3. The number of carbonyl (C=O) groups excluding carboxylic acids is 1. The van der Waals surface area contributed by atoms with Crippen LogP contribution in [0.2, 0.25) is 0 Å². The van der Waals surface area contributed by atoms with E-state index in [0.29, 0.717) is 12.2 Å². The molecule has 0 saturated carbocycles. The maximum atomic E-state index is 12.2. The molecule has 0 bridgehead atoms. The SMILES string of the molecule is Cc1c(C)c(C)c(C(=O)OOCC(C)(C)C)c(C)c1C. The van der Waals surface area contributed by atoms with Crippen molar-refractivity contribution in [3.8, 4) is 0 Å². The average Bonchev–Trinajstić information content (AvgIpc) is 2.32. The van der Waals surface area contributed by atoms with Crippen LogP contribution in [0.15, 0.2) is 0 Å². The van der Waals surface area contributed by atoms with Crippen LogP contribution < -0.4 is 0 Å². The van der Waals surface area contributed by atoms with Crippen molar-refractivity contribution in [3.05, 3.63) is 33.4 Å². The standard InChI is InChI=1S/C17H26O3/c1-10-11(2)13(4)15(14(5)12(10)3)16(18)20-19-9-17(6,7)8/h9H2,1-8H3. The minimum atomic E-state index is -0.407. The number of benzene rings is 1. The first-order valence-electron chi connectivity index (χ1n) is 6.97. The molecule has 1 rings (SSSR count). The molecule has 0 atom stereocenters. The molecule has 3 nitrogen and oxygen atoms in total. The van der Waals surface area contributed by atoms with Crippen LogP contribution in [-0.4, -0.2) is 12.6 Å². The lowest BCUT2D eigenvalue weighted by Crippen LogP contribution is -2.18. The summed E-state index contributed by atoms with van der Waals surface area (Å²) in [5.41, 5.74) is 6.02. The fraction of sp³-hybridized carbons (Fsp3) is 0.588. The normalized spacial score (nSPS) is 11.6. The van der Waals surface area contributed by atoms with Gasteiger partial charge in [-0.05, 0) is 67.9 Å². The van der Waals surface area contributed by atoms with Crippen LogP contribution in [0.4, 0.5) is 0 Å². The van der Waals surface area contributed by atoms with Gasteiger partial charge >= 0.3 is 5.97 Å². The second-order valence-electron chi connectivity index (χ2n) is 6.69. The largest absolute Gasteiger partial charge is 0.373 e. The average molecular weight is 278 g/mol. The first-order chi connectivity index (χ1) is 9.06. The highest BCUT2D eigenvalue weighted by molar-refractivity contribution is 5.93. The fourth-order valence-corrected chi connectivity index (χ4v) is 2.11. The van der Waals surface area contributed by atoms with Gasteiger partial charge in [0, 0.05) is 0 Å². The van der Waals surface area contributed by atoms with Crippen molar-refractivity contribution in [1.29, 1.82) is 0 Å². The summed E-state index contributed by atoms with van der Waals surface area (Å²) in [4.78, 5) is 22.3. The van der Waals surface area contributed by atoms with E-state index in [4.69, 9.17) is 9.78 Å². The van der Waals surface area contributed by atoms with E-state index in [1.54, 1.807) is 0 Å². The van der Waals surface area contributed by atoms with Gasteiger partial charge in [0.05, 0.1) is 12.2 Å². The van der Waals surface area contributed by atoms with Gasteiger partial charge in [0.1, 0.15) is 0 Å². The lowest BCUT2D eigenvalue weighted by molar-refractivity contribution is -0.255. The molecule has 0 saturated heterocycles. The van der Waals surface area contributed by atoms with Gasteiger partial charge < -0.3 is 0 Å².